The summed E-state index contributed by atoms with van der Waals surface area (Å²) in [5.41, 5.74) is 0. The highest BCUT2D eigenvalue weighted by molar-refractivity contribution is 6.51. The molecular weight excluding hydrogens is 436 g/mol. The third-order valence-electron chi connectivity index (χ3n) is 6.88. The summed E-state index contributed by atoms with van der Waals surface area (Å²) in [5.74, 6) is -1.97. The van der Waals surface area contributed by atoms with E-state index in [-0.39, 0.29) is 23.7 Å². The zero-order valence-corrected chi connectivity index (χ0v) is 17.8. The van der Waals surface area contributed by atoms with Crippen molar-refractivity contribution in [2.75, 3.05) is 6.61 Å². The quantitative estimate of drug-likeness (QED) is 0.480. The second-order valence-electron chi connectivity index (χ2n) is 8.68. The van der Waals surface area contributed by atoms with Gasteiger partial charge in [-0.3, -0.25) is 14.4 Å². The zero-order valence-electron chi connectivity index (χ0n) is 14.8. The normalized spacial score (nSPS) is 49.8. The van der Waals surface area contributed by atoms with Crippen LogP contribution in [0, 0.1) is 29.6 Å². The van der Waals surface area contributed by atoms with Gasteiger partial charge in [0.15, 0.2) is 0 Å². The number of ether oxygens (including phenoxy) is 1. The van der Waals surface area contributed by atoms with E-state index >= 15 is 0 Å². The smallest absolute Gasteiger partial charge is 0.260 e. The van der Waals surface area contributed by atoms with Crippen LogP contribution in [-0.4, -0.2) is 45.4 Å². The number of hydrogen-bond donors (Lipinski definition) is 0. The predicted octanol–water partition coefficient (Wildman–Crippen LogP) is 3.64. The minimum Gasteiger partial charge on any atom is -0.373 e. The molecule has 9 heteroatoms. The molecule has 2 amide bonds. The van der Waals surface area contributed by atoms with Gasteiger partial charge in [-0.25, -0.2) is 0 Å². The van der Waals surface area contributed by atoms with E-state index in [0.717, 1.165) is 11.5 Å². The lowest BCUT2D eigenvalue weighted by Gasteiger charge is -2.40. The fraction of sp³-hybridized carbons (Fsp3) is 0.778. The second-order valence-corrected chi connectivity index (χ2v) is 10.8. The van der Waals surface area contributed by atoms with Crippen molar-refractivity contribution in [3.8, 4) is 0 Å². The van der Waals surface area contributed by atoms with Crippen LogP contribution >= 0.6 is 46.4 Å². The number of carbonyl (C=O) groups excluding carboxylic acids is 2. The molecule has 5 nitrogen and oxygen atoms in total. The molecule has 27 heavy (non-hydrogen) atoms. The number of carbonyl (C=O) groups is 2. The van der Waals surface area contributed by atoms with E-state index in [1.807, 2.05) is 0 Å². The first kappa shape index (κ1) is 19.0. The Bertz CT molecular complexity index is 733. The number of rotatable bonds is 4. The maximum Gasteiger partial charge on any atom is 0.260 e. The largest absolute Gasteiger partial charge is 0.373 e. The van der Waals surface area contributed by atoms with Gasteiger partial charge in [0.2, 0.25) is 0 Å². The first-order chi connectivity index (χ1) is 12.6. The highest BCUT2D eigenvalue weighted by Crippen LogP contribution is 2.75. The van der Waals surface area contributed by atoms with Gasteiger partial charge < -0.3 is 4.74 Å². The van der Waals surface area contributed by atoms with Crippen LogP contribution in [0.15, 0.2) is 10.1 Å². The molecule has 0 aromatic heterocycles. The highest BCUT2D eigenvalue weighted by atomic mass is 35.5. The Kier molecular flexibility index (Phi) is 4.05. The Morgan fingerprint density at radius 1 is 1.07 bits per heavy atom. The van der Waals surface area contributed by atoms with Gasteiger partial charge >= 0.3 is 0 Å². The standard InChI is InChI=1S/C18H19Cl4NO4/c1-6(2)3-4-26-23-15(24)7-8(16(23)25)12-10-9(11(7)27-12)17(21)5-18(10,22)14(20)13(17)19/h6-12H,3-5H2,1-2H3/t7-,8-,9+,10+,11-,12-,17-,18-/m1/s1. The first-order valence-corrected chi connectivity index (χ1v) is 10.7. The molecule has 5 rings (SSSR count). The topological polar surface area (TPSA) is 55.8 Å². The van der Waals surface area contributed by atoms with Crippen LogP contribution in [0.5, 0.6) is 0 Å². The summed E-state index contributed by atoms with van der Waals surface area (Å²) in [6, 6.07) is 0. The molecule has 4 bridgehead atoms. The lowest BCUT2D eigenvalue weighted by molar-refractivity contribution is -0.193. The molecule has 2 aliphatic carbocycles. The summed E-state index contributed by atoms with van der Waals surface area (Å²) < 4.78 is 6.11. The number of halogens is 4. The number of hydroxylamine groups is 2. The Morgan fingerprint density at radius 2 is 1.56 bits per heavy atom. The number of fused-ring (bicyclic) bond motifs is 12. The summed E-state index contributed by atoms with van der Waals surface area (Å²) in [7, 11) is 0. The van der Waals surface area contributed by atoms with Crippen molar-refractivity contribution < 1.29 is 19.2 Å². The number of amides is 2. The van der Waals surface area contributed by atoms with Crippen LogP contribution in [0.3, 0.4) is 0 Å². The van der Waals surface area contributed by atoms with Gasteiger partial charge in [-0.1, -0.05) is 37.0 Å². The van der Waals surface area contributed by atoms with Crippen LogP contribution in [-0.2, 0) is 19.2 Å². The van der Waals surface area contributed by atoms with E-state index in [1.165, 1.54) is 0 Å². The van der Waals surface area contributed by atoms with Crippen LogP contribution in [0.2, 0.25) is 0 Å². The fourth-order valence-corrected chi connectivity index (χ4v) is 7.79. The monoisotopic (exact) mass is 453 g/mol. The van der Waals surface area contributed by atoms with Crippen molar-refractivity contribution in [1.82, 2.24) is 5.06 Å². The van der Waals surface area contributed by atoms with Crippen LogP contribution in [0.4, 0.5) is 0 Å². The van der Waals surface area contributed by atoms with Crippen molar-refractivity contribution in [3.05, 3.63) is 10.1 Å². The Morgan fingerprint density at radius 3 is 2.00 bits per heavy atom. The molecule has 0 unspecified atom stereocenters. The summed E-state index contributed by atoms with van der Waals surface area (Å²) in [4.78, 5) is 29.5. The average molecular weight is 455 g/mol. The van der Waals surface area contributed by atoms with Crippen molar-refractivity contribution >= 4 is 58.2 Å². The predicted molar refractivity (Wildman–Crippen MR) is 100 cm³/mol. The molecule has 0 N–H and O–H groups in total. The Hall–Kier alpha value is -0.0400. The molecule has 8 atom stereocenters. The van der Waals surface area contributed by atoms with Gasteiger partial charge in [-0.15, -0.1) is 23.2 Å². The zero-order chi connectivity index (χ0) is 19.5. The molecule has 148 valence electrons. The number of hydrogen-bond acceptors (Lipinski definition) is 4. The van der Waals surface area contributed by atoms with E-state index in [9.17, 15) is 9.59 Å². The third kappa shape index (κ3) is 2.11. The minimum absolute atomic E-state index is 0.245. The highest BCUT2D eigenvalue weighted by Gasteiger charge is 2.82. The number of allylic oxidation sites excluding steroid dienone is 2. The van der Waals surface area contributed by atoms with Gasteiger partial charge in [0.05, 0.1) is 50.5 Å². The van der Waals surface area contributed by atoms with Crippen LogP contribution < -0.4 is 0 Å². The molecule has 3 saturated heterocycles. The molecule has 1 saturated carbocycles. The Balaban J connectivity index is 1.46. The molecule has 0 radical (unpaired) electrons. The van der Waals surface area contributed by atoms with E-state index in [0.29, 0.717) is 29.0 Å². The number of nitrogens with zero attached hydrogens (tertiary/aromatic N) is 1. The molecule has 0 aromatic carbocycles. The van der Waals surface area contributed by atoms with E-state index in [2.05, 4.69) is 13.8 Å². The van der Waals surface area contributed by atoms with Gasteiger partial charge in [0.25, 0.3) is 11.8 Å². The molecule has 3 heterocycles. The van der Waals surface area contributed by atoms with Crippen molar-refractivity contribution in [1.29, 1.82) is 0 Å². The first-order valence-electron chi connectivity index (χ1n) is 9.23. The van der Waals surface area contributed by atoms with Gasteiger partial charge in [0, 0.05) is 11.8 Å². The molecule has 5 aliphatic rings. The van der Waals surface area contributed by atoms with E-state index in [4.69, 9.17) is 56.0 Å². The van der Waals surface area contributed by atoms with Crippen LogP contribution in [0.1, 0.15) is 26.7 Å². The van der Waals surface area contributed by atoms with Gasteiger partial charge in [-0.2, -0.15) is 5.06 Å². The minimum atomic E-state index is -0.940. The maximum atomic E-state index is 12.9. The van der Waals surface area contributed by atoms with Crippen molar-refractivity contribution in [3.63, 3.8) is 0 Å². The average Bonchev–Trinajstić information content (AvgIpc) is 3.32. The molecule has 4 fully saturated rings. The lowest BCUT2D eigenvalue weighted by Crippen LogP contribution is -2.50. The van der Waals surface area contributed by atoms with E-state index < -0.39 is 33.8 Å². The van der Waals surface area contributed by atoms with Crippen LogP contribution in [0.25, 0.3) is 0 Å². The molecule has 0 spiro atoms. The molecule has 0 aromatic rings. The second kappa shape index (κ2) is 5.77. The number of alkyl halides is 2. The van der Waals surface area contributed by atoms with Crippen molar-refractivity contribution in [2.24, 2.45) is 29.6 Å². The SMILES string of the molecule is CC(C)CCON1C(=O)[C@H]2[C@H]3O[C@H]([C@@H]2C1=O)[C@@H]1[C@@H]3[C@]2(Cl)C[C@]1(Cl)C(Cl)=C2Cl. The Labute approximate surface area is 177 Å². The lowest BCUT2D eigenvalue weighted by atomic mass is 9.65. The summed E-state index contributed by atoms with van der Waals surface area (Å²) in [6.45, 7) is 4.42. The van der Waals surface area contributed by atoms with Gasteiger partial charge in [0.1, 0.15) is 0 Å². The van der Waals surface area contributed by atoms with E-state index in [1.54, 1.807) is 0 Å². The molecule has 3 aliphatic heterocycles. The number of imide groups is 1. The fourth-order valence-electron chi connectivity index (χ4n) is 5.77. The van der Waals surface area contributed by atoms with Gasteiger partial charge in [-0.05, 0) is 18.8 Å². The van der Waals surface area contributed by atoms with Crippen molar-refractivity contribution in [2.45, 2.75) is 48.6 Å². The molecular formula is C18H19Cl4NO4. The summed E-state index contributed by atoms with van der Waals surface area (Å²) >= 11 is 26.6. The summed E-state index contributed by atoms with van der Waals surface area (Å²) in [6.07, 6.45) is 0.141. The summed E-state index contributed by atoms with van der Waals surface area (Å²) in [5, 5.41) is 1.62. The maximum absolute atomic E-state index is 12.9. The third-order valence-corrected chi connectivity index (χ3v) is 9.38.